The van der Waals surface area contributed by atoms with Crippen LogP contribution in [0.15, 0.2) is 34.5 Å². The molecule has 0 fully saturated rings. The Labute approximate surface area is 101 Å². The van der Waals surface area contributed by atoms with E-state index >= 15 is 0 Å². The Hall–Kier alpha value is -1.09. The van der Waals surface area contributed by atoms with Crippen LogP contribution in [0.2, 0.25) is 5.02 Å². The van der Waals surface area contributed by atoms with Gasteiger partial charge in [0.05, 0.1) is 6.04 Å². The average molecular weight is 241 g/mol. The molecule has 0 saturated heterocycles. The highest BCUT2D eigenvalue weighted by atomic mass is 35.5. The molecule has 16 heavy (non-hydrogen) atoms. The van der Waals surface area contributed by atoms with E-state index in [4.69, 9.17) is 16.3 Å². The predicted octanol–water partition coefficient (Wildman–Crippen LogP) is 4.32. The van der Waals surface area contributed by atoms with Crippen LogP contribution < -0.4 is 4.74 Å². The summed E-state index contributed by atoms with van der Waals surface area (Å²) in [6, 6.07) is 7.37. The molecule has 0 heterocycles. The average Bonchev–Trinajstić information content (AvgIpc) is 2.19. The first-order valence-corrected chi connectivity index (χ1v) is 5.63. The van der Waals surface area contributed by atoms with Gasteiger partial charge in [0.15, 0.2) is 0 Å². The highest BCUT2D eigenvalue weighted by Crippen LogP contribution is 2.21. The Bertz CT molecular complexity index is 358. The van der Waals surface area contributed by atoms with Crippen LogP contribution in [0.4, 0.5) is 0 Å². The van der Waals surface area contributed by atoms with E-state index < -0.39 is 5.72 Å². The van der Waals surface area contributed by atoms with E-state index in [0.29, 0.717) is 5.02 Å². The van der Waals surface area contributed by atoms with Crippen molar-refractivity contribution in [2.24, 2.45) is 10.2 Å². The molecule has 0 spiro atoms. The maximum absolute atomic E-state index is 5.79. The molecule has 88 valence electrons. The Morgan fingerprint density at radius 1 is 1.19 bits per heavy atom. The lowest BCUT2D eigenvalue weighted by Gasteiger charge is -2.20. The summed E-state index contributed by atoms with van der Waals surface area (Å²) in [6.07, 6.45) is 0. The highest BCUT2D eigenvalue weighted by molar-refractivity contribution is 6.30. The number of hydrogen-bond donors (Lipinski definition) is 0. The third-order valence-corrected chi connectivity index (χ3v) is 1.96. The molecular formula is C12H17ClN2O. The van der Waals surface area contributed by atoms with Crippen molar-refractivity contribution in [3.05, 3.63) is 29.3 Å². The molecule has 1 aromatic carbocycles. The summed E-state index contributed by atoms with van der Waals surface area (Å²) in [5.41, 5.74) is -0.655. The minimum Gasteiger partial charge on any atom is -0.465 e. The molecule has 0 unspecified atom stereocenters. The molecule has 3 nitrogen and oxygen atoms in total. The van der Waals surface area contributed by atoms with Gasteiger partial charge in [0.2, 0.25) is 5.72 Å². The van der Waals surface area contributed by atoms with Gasteiger partial charge in [-0.05, 0) is 52.0 Å². The van der Waals surface area contributed by atoms with E-state index in [1.165, 1.54) is 0 Å². The fourth-order valence-electron chi connectivity index (χ4n) is 1.07. The number of benzene rings is 1. The van der Waals surface area contributed by atoms with Crippen LogP contribution in [-0.4, -0.2) is 11.8 Å². The van der Waals surface area contributed by atoms with E-state index in [1.54, 1.807) is 12.1 Å². The lowest BCUT2D eigenvalue weighted by Crippen LogP contribution is -2.25. The van der Waals surface area contributed by atoms with E-state index in [0.717, 1.165) is 5.75 Å². The molecular weight excluding hydrogens is 224 g/mol. The van der Waals surface area contributed by atoms with Crippen molar-refractivity contribution in [2.75, 3.05) is 0 Å². The van der Waals surface area contributed by atoms with Gasteiger partial charge < -0.3 is 4.74 Å². The number of nitrogens with zero attached hydrogens (tertiary/aromatic N) is 2. The van der Waals surface area contributed by atoms with Crippen molar-refractivity contribution in [3.8, 4) is 5.75 Å². The Balaban J connectivity index is 2.68. The Kier molecular flexibility index (Phi) is 4.30. The standard InChI is InChI=1S/C12H17ClN2O/c1-9(2)14-15-12(3,4)16-11-7-5-10(13)6-8-11/h5-9H,1-4H3. The third-order valence-electron chi connectivity index (χ3n) is 1.71. The predicted molar refractivity (Wildman–Crippen MR) is 66.2 cm³/mol. The summed E-state index contributed by atoms with van der Waals surface area (Å²) in [4.78, 5) is 0. The van der Waals surface area contributed by atoms with Crippen molar-refractivity contribution in [1.82, 2.24) is 0 Å². The lowest BCUT2D eigenvalue weighted by atomic mass is 10.3. The first kappa shape index (κ1) is 13.0. The van der Waals surface area contributed by atoms with Crippen molar-refractivity contribution in [3.63, 3.8) is 0 Å². The minimum atomic E-state index is -0.655. The van der Waals surface area contributed by atoms with E-state index in [1.807, 2.05) is 39.8 Å². The van der Waals surface area contributed by atoms with Gasteiger partial charge in [0.25, 0.3) is 0 Å². The SMILES string of the molecule is CC(C)N=NC(C)(C)Oc1ccc(Cl)cc1. The molecule has 0 amide bonds. The number of rotatable bonds is 4. The first-order chi connectivity index (χ1) is 7.39. The molecule has 0 saturated carbocycles. The normalized spacial score (nSPS) is 12.4. The molecule has 0 bridgehead atoms. The van der Waals surface area contributed by atoms with Gasteiger partial charge in [0, 0.05) is 5.02 Å². The highest BCUT2D eigenvalue weighted by Gasteiger charge is 2.18. The lowest BCUT2D eigenvalue weighted by molar-refractivity contribution is 0.109. The molecule has 1 aromatic rings. The summed E-state index contributed by atoms with van der Waals surface area (Å²) in [5.74, 6) is 0.733. The van der Waals surface area contributed by atoms with Gasteiger partial charge in [-0.15, -0.1) is 5.11 Å². The number of halogens is 1. The first-order valence-electron chi connectivity index (χ1n) is 5.26. The number of azo groups is 1. The van der Waals surface area contributed by atoms with Crippen molar-refractivity contribution < 1.29 is 4.74 Å². The third kappa shape index (κ3) is 4.62. The van der Waals surface area contributed by atoms with Gasteiger partial charge >= 0.3 is 0 Å². The zero-order valence-corrected chi connectivity index (χ0v) is 10.8. The minimum absolute atomic E-state index is 0.174. The molecule has 0 atom stereocenters. The maximum Gasteiger partial charge on any atom is 0.213 e. The zero-order chi connectivity index (χ0) is 12.2. The Morgan fingerprint density at radius 2 is 1.75 bits per heavy atom. The van der Waals surface area contributed by atoms with Crippen molar-refractivity contribution in [1.29, 1.82) is 0 Å². The second-order valence-corrected chi connectivity index (χ2v) is 4.75. The number of hydrogen-bond acceptors (Lipinski definition) is 3. The van der Waals surface area contributed by atoms with Crippen LogP contribution in [0, 0.1) is 0 Å². The van der Waals surface area contributed by atoms with Gasteiger partial charge in [-0.25, -0.2) is 0 Å². The van der Waals surface area contributed by atoms with Crippen LogP contribution in [-0.2, 0) is 0 Å². The summed E-state index contributed by atoms with van der Waals surface area (Å²) >= 11 is 5.79. The zero-order valence-electron chi connectivity index (χ0n) is 10.1. The molecule has 0 radical (unpaired) electrons. The second-order valence-electron chi connectivity index (χ2n) is 4.31. The smallest absolute Gasteiger partial charge is 0.213 e. The molecule has 0 aliphatic heterocycles. The maximum atomic E-state index is 5.79. The van der Waals surface area contributed by atoms with Crippen LogP contribution in [0.5, 0.6) is 5.75 Å². The molecule has 0 aliphatic carbocycles. The summed E-state index contributed by atoms with van der Waals surface area (Å²) in [6.45, 7) is 7.69. The van der Waals surface area contributed by atoms with Crippen LogP contribution in [0.25, 0.3) is 0 Å². The number of ether oxygens (including phenoxy) is 1. The summed E-state index contributed by atoms with van der Waals surface area (Å²) in [5, 5.41) is 8.92. The van der Waals surface area contributed by atoms with Crippen LogP contribution >= 0.6 is 11.6 Å². The molecule has 4 heteroatoms. The van der Waals surface area contributed by atoms with E-state index in [-0.39, 0.29) is 6.04 Å². The van der Waals surface area contributed by atoms with Gasteiger partial charge in [-0.2, -0.15) is 5.11 Å². The Morgan fingerprint density at radius 3 is 2.25 bits per heavy atom. The largest absolute Gasteiger partial charge is 0.465 e. The second kappa shape index (κ2) is 5.30. The van der Waals surface area contributed by atoms with Gasteiger partial charge in [0.1, 0.15) is 5.75 Å². The quantitative estimate of drug-likeness (QED) is 0.722. The molecule has 0 aliphatic rings. The van der Waals surface area contributed by atoms with Crippen molar-refractivity contribution in [2.45, 2.75) is 39.5 Å². The van der Waals surface area contributed by atoms with E-state index in [9.17, 15) is 0 Å². The van der Waals surface area contributed by atoms with Crippen LogP contribution in [0.1, 0.15) is 27.7 Å². The topological polar surface area (TPSA) is 34.0 Å². The summed E-state index contributed by atoms with van der Waals surface area (Å²) < 4.78 is 5.69. The summed E-state index contributed by atoms with van der Waals surface area (Å²) in [7, 11) is 0. The van der Waals surface area contributed by atoms with Crippen LogP contribution in [0.3, 0.4) is 0 Å². The van der Waals surface area contributed by atoms with Crippen molar-refractivity contribution >= 4 is 11.6 Å². The fourth-order valence-corrected chi connectivity index (χ4v) is 1.19. The molecule has 1 rings (SSSR count). The van der Waals surface area contributed by atoms with Gasteiger partial charge in [-0.1, -0.05) is 11.6 Å². The molecule has 0 N–H and O–H groups in total. The monoisotopic (exact) mass is 240 g/mol. The van der Waals surface area contributed by atoms with E-state index in [2.05, 4.69) is 10.2 Å². The fraction of sp³-hybridized carbons (Fsp3) is 0.500. The molecule has 0 aromatic heterocycles. The van der Waals surface area contributed by atoms with Gasteiger partial charge in [-0.3, -0.25) is 0 Å².